The number of aromatic nitrogens is 4. The summed E-state index contributed by atoms with van der Waals surface area (Å²) in [4.78, 5) is 13.3. The Morgan fingerprint density at radius 3 is 2.73 bits per heavy atom. The van der Waals surface area contributed by atoms with Crippen LogP contribution >= 0.6 is 0 Å². The predicted octanol–water partition coefficient (Wildman–Crippen LogP) is 2.80. The van der Waals surface area contributed by atoms with Crippen LogP contribution in [0.2, 0.25) is 0 Å². The summed E-state index contributed by atoms with van der Waals surface area (Å²) in [6.07, 6.45) is 0. The molecule has 3 rings (SSSR count). The average Bonchev–Trinajstić information content (AvgIpc) is 3.03. The second-order valence-corrected chi connectivity index (χ2v) is 5.91. The van der Waals surface area contributed by atoms with Gasteiger partial charge >= 0.3 is 0 Å². The Labute approximate surface area is 148 Å². The summed E-state index contributed by atoms with van der Waals surface area (Å²) in [6.45, 7) is 3.38. The van der Waals surface area contributed by atoms with Crippen molar-refractivity contribution in [2.75, 3.05) is 0 Å². The maximum absolute atomic E-state index is 13.8. The van der Waals surface area contributed by atoms with Crippen LogP contribution in [0.5, 0.6) is 0 Å². The van der Waals surface area contributed by atoms with E-state index in [-0.39, 0.29) is 12.1 Å². The van der Waals surface area contributed by atoms with Crippen LogP contribution in [0.25, 0.3) is 11.4 Å². The number of nitrogens with one attached hydrogen (secondary N) is 1. The van der Waals surface area contributed by atoms with Crippen LogP contribution in [-0.4, -0.2) is 26.1 Å². The lowest BCUT2D eigenvalue weighted by molar-refractivity contribution is -0.122. The molecule has 0 saturated heterocycles. The highest BCUT2D eigenvalue weighted by atomic mass is 19.1. The van der Waals surface area contributed by atoms with Gasteiger partial charge in [-0.05, 0) is 30.7 Å². The molecule has 0 saturated carbocycles. The molecule has 0 aliphatic carbocycles. The second kappa shape index (κ2) is 7.38. The van der Waals surface area contributed by atoms with Crippen LogP contribution in [0.15, 0.2) is 42.5 Å². The zero-order chi connectivity index (χ0) is 18.7. The average molecular weight is 357 g/mol. The number of carbonyl (C=O) groups is 1. The summed E-state index contributed by atoms with van der Waals surface area (Å²) in [5.74, 6) is -1.36. The Bertz CT molecular complexity index is 941. The van der Waals surface area contributed by atoms with E-state index in [0.717, 1.165) is 23.3 Å². The first-order valence-corrected chi connectivity index (χ1v) is 8.02. The fraction of sp³-hybridized carbons (Fsp3) is 0.222. The highest BCUT2D eigenvalue weighted by Crippen LogP contribution is 2.19. The van der Waals surface area contributed by atoms with E-state index >= 15 is 0 Å². The molecule has 1 N–H and O–H groups in total. The van der Waals surface area contributed by atoms with E-state index in [1.54, 1.807) is 6.92 Å². The van der Waals surface area contributed by atoms with E-state index < -0.39 is 23.6 Å². The third-order valence-corrected chi connectivity index (χ3v) is 3.93. The number of aryl methyl sites for hydroxylation is 1. The summed E-state index contributed by atoms with van der Waals surface area (Å²) < 4.78 is 26.8. The lowest BCUT2D eigenvalue weighted by Crippen LogP contribution is -2.31. The summed E-state index contributed by atoms with van der Waals surface area (Å²) >= 11 is 0. The van der Waals surface area contributed by atoms with Crippen LogP contribution in [0.1, 0.15) is 24.1 Å². The standard InChI is InChI=1S/C18H17F2N5O/c1-11-5-3-4-6-14(11)18-22-24-25(23-18)10-17(26)21-12(2)15-8-7-13(19)9-16(15)20/h3-9,12H,10H2,1-2H3,(H,21,26)/t12-/m0/s1. The molecule has 0 aliphatic heterocycles. The molecule has 3 aromatic rings. The normalized spacial score (nSPS) is 12.0. The Balaban J connectivity index is 1.66. The van der Waals surface area contributed by atoms with E-state index in [4.69, 9.17) is 0 Å². The maximum atomic E-state index is 13.8. The summed E-state index contributed by atoms with van der Waals surface area (Å²) in [6, 6.07) is 10.2. The Hall–Kier alpha value is -3.16. The molecular formula is C18H17F2N5O. The molecule has 1 heterocycles. The molecule has 0 spiro atoms. The van der Waals surface area contributed by atoms with Crippen LogP contribution < -0.4 is 5.32 Å². The SMILES string of the molecule is Cc1ccccc1-c1nnn(CC(=O)N[C@@H](C)c2ccc(F)cc2F)n1. The summed E-state index contributed by atoms with van der Waals surface area (Å²) in [5.41, 5.74) is 2.03. The molecule has 0 bridgehead atoms. The number of amides is 1. The number of hydrogen-bond acceptors (Lipinski definition) is 4. The van der Waals surface area contributed by atoms with Crippen LogP contribution in [0, 0.1) is 18.6 Å². The van der Waals surface area contributed by atoms with Crippen molar-refractivity contribution >= 4 is 5.91 Å². The lowest BCUT2D eigenvalue weighted by Gasteiger charge is -2.14. The lowest BCUT2D eigenvalue weighted by atomic mass is 10.1. The van der Waals surface area contributed by atoms with Gasteiger partial charge in [0.15, 0.2) is 0 Å². The minimum absolute atomic E-state index is 0.161. The Morgan fingerprint density at radius 1 is 1.23 bits per heavy atom. The van der Waals surface area contributed by atoms with Gasteiger partial charge in [0, 0.05) is 17.2 Å². The maximum Gasteiger partial charge on any atom is 0.244 e. The second-order valence-electron chi connectivity index (χ2n) is 5.91. The van der Waals surface area contributed by atoms with Crippen molar-refractivity contribution in [1.82, 2.24) is 25.5 Å². The summed E-state index contributed by atoms with van der Waals surface area (Å²) in [7, 11) is 0. The van der Waals surface area contributed by atoms with Gasteiger partial charge in [-0.25, -0.2) is 8.78 Å². The number of tetrazole rings is 1. The molecule has 26 heavy (non-hydrogen) atoms. The highest BCUT2D eigenvalue weighted by Gasteiger charge is 2.16. The van der Waals surface area contributed by atoms with Crippen molar-refractivity contribution in [2.24, 2.45) is 0 Å². The van der Waals surface area contributed by atoms with Gasteiger partial charge in [0.1, 0.15) is 18.2 Å². The van der Waals surface area contributed by atoms with E-state index in [0.29, 0.717) is 5.82 Å². The van der Waals surface area contributed by atoms with Gasteiger partial charge < -0.3 is 5.32 Å². The van der Waals surface area contributed by atoms with Gasteiger partial charge in [0.25, 0.3) is 0 Å². The van der Waals surface area contributed by atoms with Crippen molar-refractivity contribution < 1.29 is 13.6 Å². The molecule has 1 amide bonds. The quantitative estimate of drug-likeness (QED) is 0.762. The number of benzene rings is 2. The van der Waals surface area contributed by atoms with Gasteiger partial charge in [0.2, 0.25) is 11.7 Å². The van der Waals surface area contributed by atoms with E-state index in [9.17, 15) is 13.6 Å². The van der Waals surface area contributed by atoms with Gasteiger partial charge in [-0.15, -0.1) is 10.2 Å². The number of halogens is 2. The van der Waals surface area contributed by atoms with E-state index in [2.05, 4.69) is 20.7 Å². The number of nitrogens with zero attached hydrogens (tertiary/aromatic N) is 4. The molecular weight excluding hydrogens is 340 g/mol. The number of carbonyl (C=O) groups excluding carboxylic acids is 1. The molecule has 0 unspecified atom stereocenters. The first kappa shape index (κ1) is 17.7. The van der Waals surface area contributed by atoms with Gasteiger partial charge in [-0.1, -0.05) is 30.3 Å². The van der Waals surface area contributed by atoms with Crippen molar-refractivity contribution in [2.45, 2.75) is 26.4 Å². The molecule has 6 nitrogen and oxygen atoms in total. The molecule has 8 heteroatoms. The predicted molar refractivity (Wildman–Crippen MR) is 90.9 cm³/mol. The monoisotopic (exact) mass is 357 g/mol. The molecule has 0 radical (unpaired) electrons. The first-order valence-electron chi connectivity index (χ1n) is 8.02. The van der Waals surface area contributed by atoms with E-state index in [1.807, 2.05) is 31.2 Å². The molecule has 2 aromatic carbocycles. The first-order chi connectivity index (χ1) is 12.4. The minimum atomic E-state index is -0.710. The van der Waals surface area contributed by atoms with Gasteiger partial charge in [-0.3, -0.25) is 4.79 Å². The van der Waals surface area contributed by atoms with Gasteiger partial charge in [-0.2, -0.15) is 4.80 Å². The largest absolute Gasteiger partial charge is 0.348 e. The highest BCUT2D eigenvalue weighted by molar-refractivity contribution is 5.76. The van der Waals surface area contributed by atoms with Crippen LogP contribution in [0.3, 0.4) is 0 Å². The Morgan fingerprint density at radius 2 is 2.00 bits per heavy atom. The molecule has 0 fully saturated rings. The molecule has 134 valence electrons. The fourth-order valence-electron chi connectivity index (χ4n) is 2.59. The summed E-state index contributed by atoms with van der Waals surface area (Å²) in [5, 5.41) is 14.7. The molecule has 1 atom stereocenters. The van der Waals surface area contributed by atoms with Crippen molar-refractivity contribution in [3.05, 3.63) is 65.2 Å². The zero-order valence-electron chi connectivity index (χ0n) is 14.3. The third-order valence-electron chi connectivity index (χ3n) is 3.93. The Kier molecular flexibility index (Phi) is 5.01. The van der Waals surface area contributed by atoms with Crippen molar-refractivity contribution in [1.29, 1.82) is 0 Å². The number of rotatable bonds is 5. The smallest absolute Gasteiger partial charge is 0.244 e. The molecule has 0 aliphatic rings. The fourth-order valence-corrected chi connectivity index (χ4v) is 2.59. The van der Waals surface area contributed by atoms with Crippen molar-refractivity contribution in [3.8, 4) is 11.4 Å². The van der Waals surface area contributed by atoms with Crippen LogP contribution in [-0.2, 0) is 11.3 Å². The third kappa shape index (κ3) is 3.90. The minimum Gasteiger partial charge on any atom is -0.348 e. The topological polar surface area (TPSA) is 72.7 Å². The van der Waals surface area contributed by atoms with E-state index in [1.165, 1.54) is 10.9 Å². The van der Waals surface area contributed by atoms with Gasteiger partial charge in [0.05, 0.1) is 6.04 Å². The molecule has 1 aromatic heterocycles. The van der Waals surface area contributed by atoms with Crippen LogP contribution in [0.4, 0.5) is 8.78 Å². The number of hydrogen-bond donors (Lipinski definition) is 1. The zero-order valence-corrected chi connectivity index (χ0v) is 14.3. The van der Waals surface area contributed by atoms with Crippen molar-refractivity contribution in [3.63, 3.8) is 0 Å².